The Morgan fingerprint density at radius 1 is 1.13 bits per heavy atom. The zero-order valence-electron chi connectivity index (χ0n) is 16.8. The minimum Gasteiger partial charge on any atom is -0.364 e. The molecule has 158 valence electrons. The van der Waals surface area contributed by atoms with Crippen molar-refractivity contribution in [3.05, 3.63) is 58.6 Å². The molecule has 2 N–H and O–H groups in total. The highest BCUT2D eigenvalue weighted by Gasteiger charge is 2.16. The van der Waals surface area contributed by atoms with Crippen molar-refractivity contribution < 1.29 is 9.53 Å². The molecule has 0 spiro atoms. The summed E-state index contributed by atoms with van der Waals surface area (Å²) < 4.78 is 6.50. The summed E-state index contributed by atoms with van der Waals surface area (Å²) in [5.41, 5.74) is 2.02. The number of aromatic nitrogens is 3. The van der Waals surface area contributed by atoms with Gasteiger partial charge in [-0.25, -0.2) is 9.97 Å². The zero-order valence-corrected chi connectivity index (χ0v) is 17.6. The van der Waals surface area contributed by atoms with Crippen LogP contribution in [0.2, 0.25) is 0 Å². The summed E-state index contributed by atoms with van der Waals surface area (Å²) in [5.74, 6) is 0.115. The van der Waals surface area contributed by atoms with E-state index in [1.807, 2.05) is 24.3 Å². The number of fused-ring (bicyclic) bond motifs is 2. The zero-order chi connectivity index (χ0) is 21.2. The van der Waals surface area contributed by atoms with Crippen molar-refractivity contribution in [2.24, 2.45) is 0 Å². The third-order valence-electron chi connectivity index (χ3n) is 5.17. The summed E-state index contributed by atoms with van der Waals surface area (Å²) in [6.45, 7) is 2.01. The summed E-state index contributed by atoms with van der Waals surface area (Å²) in [5, 5.41) is 4.41. The summed E-state index contributed by atoms with van der Waals surface area (Å²) in [6.07, 6.45) is 2.42. The Bertz CT molecular complexity index is 1310. The van der Waals surface area contributed by atoms with Gasteiger partial charge in [0.15, 0.2) is 5.13 Å². The van der Waals surface area contributed by atoms with Gasteiger partial charge in [0.05, 0.1) is 21.1 Å². The lowest BCUT2D eigenvalue weighted by Crippen LogP contribution is -2.19. The number of aromatic amines is 1. The van der Waals surface area contributed by atoms with Crippen molar-refractivity contribution in [1.29, 1.82) is 0 Å². The molecule has 1 aliphatic heterocycles. The van der Waals surface area contributed by atoms with E-state index in [0.717, 1.165) is 28.4 Å². The molecule has 1 saturated heterocycles. The van der Waals surface area contributed by atoms with E-state index in [0.29, 0.717) is 22.4 Å². The molecule has 0 saturated carbocycles. The number of hydrogen-bond acceptors (Lipinski definition) is 7. The van der Waals surface area contributed by atoms with Gasteiger partial charge in [0, 0.05) is 18.8 Å². The Labute approximate surface area is 181 Å². The summed E-state index contributed by atoms with van der Waals surface area (Å²) in [4.78, 5) is 38.4. The molecule has 1 aliphatic rings. The second-order valence-electron chi connectivity index (χ2n) is 7.44. The predicted octanol–water partition coefficient (Wildman–Crippen LogP) is 3.29. The molecular formula is C22H21N5O3S. The minimum atomic E-state index is -0.272. The maximum absolute atomic E-state index is 12.3. The van der Waals surface area contributed by atoms with Gasteiger partial charge in [-0.2, -0.15) is 0 Å². The number of amides is 1. The molecule has 2 aromatic carbocycles. The average Bonchev–Trinajstić information content (AvgIpc) is 3.43. The third-order valence-corrected chi connectivity index (χ3v) is 6.25. The van der Waals surface area contributed by atoms with Gasteiger partial charge in [-0.1, -0.05) is 23.5 Å². The van der Waals surface area contributed by atoms with E-state index in [4.69, 9.17) is 9.72 Å². The van der Waals surface area contributed by atoms with Gasteiger partial charge in [0.25, 0.3) is 5.56 Å². The van der Waals surface area contributed by atoms with Crippen molar-refractivity contribution in [3.8, 4) is 0 Å². The van der Waals surface area contributed by atoms with E-state index < -0.39 is 0 Å². The quantitative estimate of drug-likeness (QED) is 0.482. The van der Waals surface area contributed by atoms with Crippen LogP contribution in [-0.4, -0.2) is 40.6 Å². The number of rotatable bonds is 6. The van der Waals surface area contributed by atoms with E-state index in [9.17, 15) is 9.59 Å². The minimum absolute atomic E-state index is 0.0422. The summed E-state index contributed by atoms with van der Waals surface area (Å²) >= 11 is 1.64. The van der Waals surface area contributed by atoms with Crippen LogP contribution in [0.3, 0.4) is 0 Å². The molecule has 1 fully saturated rings. The molecule has 9 heteroatoms. The van der Waals surface area contributed by atoms with Crippen LogP contribution in [0.5, 0.6) is 0 Å². The molecule has 0 radical (unpaired) electrons. The standard InChI is InChI=1S/C22H21N5O3S/c28-20(13-30-12-19-24-16-6-2-1-5-15(16)21(29)26-19)23-14-7-8-17-18(11-14)31-22(25-17)27-9-3-4-10-27/h1-2,5-8,11H,3-4,9-10,12-13H2,(H,23,28)(H,24,26,29). The highest BCUT2D eigenvalue weighted by molar-refractivity contribution is 7.22. The van der Waals surface area contributed by atoms with Crippen molar-refractivity contribution >= 4 is 49.2 Å². The normalized spacial score (nSPS) is 13.9. The van der Waals surface area contributed by atoms with Crippen LogP contribution in [-0.2, 0) is 16.1 Å². The molecular weight excluding hydrogens is 414 g/mol. The highest BCUT2D eigenvalue weighted by Crippen LogP contribution is 2.32. The number of hydrogen-bond donors (Lipinski definition) is 2. The second kappa shape index (κ2) is 8.44. The predicted molar refractivity (Wildman–Crippen MR) is 122 cm³/mol. The number of carbonyl (C=O) groups excluding carboxylic acids is 1. The van der Waals surface area contributed by atoms with Gasteiger partial charge in [0.1, 0.15) is 19.0 Å². The molecule has 31 heavy (non-hydrogen) atoms. The fourth-order valence-corrected chi connectivity index (χ4v) is 4.73. The fourth-order valence-electron chi connectivity index (χ4n) is 3.67. The van der Waals surface area contributed by atoms with Gasteiger partial charge in [0.2, 0.25) is 5.91 Å². The first-order valence-corrected chi connectivity index (χ1v) is 11.0. The number of thiazole rings is 1. The van der Waals surface area contributed by atoms with E-state index in [2.05, 4.69) is 20.2 Å². The van der Waals surface area contributed by atoms with Gasteiger partial charge >= 0.3 is 0 Å². The number of nitrogens with zero attached hydrogens (tertiary/aromatic N) is 3. The number of para-hydroxylation sites is 1. The third kappa shape index (κ3) is 4.28. The lowest BCUT2D eigenvalue weighted by molar-refractivity contribution is -0.121. The van der Waals surface area contributed by atoms with E-state index >= 15 is 0 Å². The van der Waals surface area contributed by atoms with Gasteiger partial charge in [-0.15, -0.1) is 0 Å². The smallest absolute Gasteiger partial charge is 0.258 e. The molecule has 0 unspecified atom stereocenters. The molecule has 8 nitrogen and oxygen atoms in total. The molecule has 5 rings (SSSR count). The van der Waals surface area contributed by atoms with E-state index in [1.54, 1.807) is 29.5 Å². The molecule has 2 aromatic heterocycles. The van der Waals surface area contributed by atoms with Crippen molar-refractivity contribution in [3.63, 3.8) is 0 Å². The number of ether oxygens (including phenoxy) is 1. The van der Waals surface area contributed by atoms with Crippen molar-refractivity contribution in [2.75, 3.05) is 29.9 Å². The molecule has 0 bridgehead atoms. The maximum Gasteiger partial charge on any atom is 0.258 e. The number of anilines is 2. The van der Waals surface area contributed by atoms with Gasteiger partial charge in [-0.3, -0.25) is 9.59 Å². The second-order valence-corrected chi connectivity index (χ2v) is 8.45. The van der Waals surface area contributed by atoms with Crippen molar-refractivity contribution in [2.45, 2.75) is 19.4 Å². The number of carbonyl (C=O) groups is 1. The van der Waals surface area contributed by atoms with Crippen LogP contribution in [0.25, 0.3) is 21.1 Å². The average molecular weight is 436 g/mol. The Balaban J connectivity index is 1.19. The number of benzene rings is 2. The van der Waals surface area contributed by atoms with Crippen LogP contribution < -0.4 is 15.8 Å². The van der Waals surface area contributed by atoms with Gasteiger partial charge < -0.3 is 19.9 Å². The number of nitrogens with one attached hydrogen (secondary N) is 2. The highest BCUT2D eigenvalue weighted by atomic mass is 32.1. The maximum atomic E-state index is 12.3. The van der Waals surface area contributed by atoms with Crippen LogP contribution in [0.15, 0.2) is 47.3 Å². The van der Waals surface area contributed by atoms with E-state index in [-0.39, 0.29) is 24.7 Å². The SMILES string of the molecule is O=C(COCc1nc2ccccc2c(=O)[nH]1)Nc1ccc2nc(N3CCCC3)sc2c1. The fraction of sp³-hybridized carbons (Fsp3) is 0.273. The van der Waals surface area contributed by atoms with Crippen molar-refractivity contribution in [1.82, 2.24) is 15.0 Å². The summed E-state index contributed by atoms with van der Waals surface area (Å²) in [6, 6.07) is 12.8. The monoisotopic (exact) mass is 435 g/mol. The lowest BCUT2D eigenvalue weighted by Gasteiger charge is -2.11. The first kappa shape index (κ1) is 19.7. The Morgan fingerprint density at radius 2 is 1.97 bits per heavy atom. The van der Waals surface area contributed by atoms with E-state index in [1.165, 1.54) is 12.8 Å². The molecule has 4 aromatic rings. The molecule has 0 atom stereocenters. The van der Waals surface area contributed by atoms with Gasteiger partial charge in [-0.05, 0) is 43.2 Å². The van der Waals surface area contributed by atoms with Crippen LogP contribution in [0.4, 0.5) is 10.8 Å². The van der Waals surface area contributed by atoms with Crippen LogP contribution in [0, 0.1) is 0 Å². The Morgan fingerprint density at radius 3 is 2.84 bits per heavy atom. The first-order valence-electron chi connectivity index (χ1n) is 10.2. The molecule has 1 amide bonds. The molecule has 3 heterocycles. The van der Waals surface area contributed by atoms with Crippen LogP contribution >= 0.6 is 11.3 Å². The largest absolute Gasteiger partial charge is 0.364 e. The lowest BCUT2D eigenvalue weighted by atomic mass is 10.2. The Kier molecular flexibility index (Phi) is 5.35. The summed E-state index contributed by atoms with van der Waals surface area (Å²) in [7, 11) is 0. The Hall–Kier alpha value is -3.30. The van der Waals surface area contributed by atoms with Crippen LogP contribution in [0.1, 0.15) is 18.7 Å². The topological polar surface area (TPSA) is 100 Å². The molecule has 0 aliphatic carbocycles. The number of H-pyrrole nitrogens is 1. The first-order chi connectivity index (χ1) is 15.2.